The second-order valence-electron chi connectivity index (χ2n) is 14.9. The standard InChI is InChI=1S/C34H42N2O10/c1-33(2,3)45-31(43)35-9-7-17(15-35)11-23(37)25-27(39)19-13-21-22(14-20(19)28(25)40)30(42)26(29(21)41)24(38)12-18-8-10-36(16-18)32(44)46-34(4,5)6/h13-14,17-18,25-27,39H,7-12,15-16H2,1-6H3. The highest BCUT2D eigenvalue weighted by Gasteiger charge is 2.49. The topological polar surface area (TPSA) is 165 Å². The number of ether oxygens (including phenoxy) is 2. The van der Waals surface area contributed by atoms with Crippen molar-refractivity contribution in [3.63, 3.8) is 0 Å². The van der Waals surface area contributed by atoms with Gasteiger partial charge in [-0.05, 0) is 83.9 Å². The van der Waals surface area contributed by atoms with Gasteiger partial charge in [0, 0.05) is 55.7 Å². The number of nitrogens with zero attached hydrogens (tertiary/aromatic N) is 2. The van der Waals surface area contributed by atoms with Crippen LogP contribution >= 0.6 is 0 Å². The van der Waals surface area contributed by atoms with Gasteiger partial charge in [-0.2, -0.15) is 0 Å². The SMILES string of the molecule is CC(C)(C)OC(=O)N1CCC(CC(=O)C2C(=O)c3cc4c(cc3C2=O)C(O)C(C(=O)CC2CCN(C(=O)OC(C)(C)C)C2)C4=O)C1. The molecule has 0 bridgehead atoms. The molecule has 248 valence electrons. The molecule has 1 aromatic carbocycles. The van der Waals surface area contributed by atoms with Crippen LogP contribution in [0.5, 0.6) is 0 Å². The van der Waals surface area contributed by atoms with Crippen molar-refractivity contribution < 1.29 is 48.1 Å². The van der Waals surface area contributed by atoms with Crippen molar-refractivity contribution in [3.8, 4) is 0 Å². The van der Waals surface area contributed by atoms with E-state index in [2.05, 4.69) is 0 Å². The zero-order chi connectivity index (χ0) is 33.9. The Kier molecular flexibility index (Phi) is 8.74. The summed E-state index contributed by atoms with van der Waals surface area (Å²) < 4.78 is 10.8. The summed E-state index contributed by atoms with van der Waals surface area (Å²) in [5.41, 5.74) is -1.36. The van der Waals surface area contributed by atoms with E-state index in [1.807, 2.05) is 0 Å². The molecular formula is C34H42N2O10. The Morgan fingerprint density at radius 3 is 1.65 bits per heavy atom. The smallest absolute Gasteiger partial charge is 0.410 e. The van der Waals surface area contributed by atoms with Crippen LogP contribution in [0.3, 0.4) is 0 Å². The summed E-state index contributed by atoms with van der Waals surface area (Å²) in [5, 5.41) is 11.1. The van der Waals surface area contributed by atoms with Crippen molar-refractivity contribution in [2.24, 2.45) is 23.7 Å². The summed E-state index contributed by atoms with van der Waals surface area (Å²) in [4.78, 5) is 94.5. The van der Waals surface area contributed by atoms with Gasteiger partial charge in [0.1, 0.15) is 28.8 Å². The zero-order valence-corrected chi connectivity index (χ0v) is 27.2. The number of amides is 2. The first kappa shape index (κ1) is 33.4. The number of carbonyl (C=O) groups excluding carboxylic acids is 7. The van der Waals surface area contributed by atoms with Crippen molar-refractivity contribution in [1.29, 1.82) is 0 Å². The lowest BCUT2D eigenvalue weighted by molar-refractivity contribution is -0.125. The number of fused-ring (bicyclic) bond motifs is 2. The molecule has 2 amide bonds. The number of hydrogen-bond acceptors (Lipinski definition) is 10. The Hall–Kier alpha value is -3.93. The number of benzene rings is 1. The highest BCUT2D eigenvalue weighted by molar-refractivity contribution is 6.36. The minimum absolute atomic E-state index is 0.00977. The summed E-state index contributed by atoms with van der Waals surface area (Å²) >= 11 is 0. The fraction of sp³-hybridized carbons (Fsp3) is 0.618. The summed E-state index contributed by atoms with van der Waals surface area (Å²) in [5.74, 6) is -6.45. The third-order valence-corrected chi connectivity index (χ3v) is 8.95. The lowest BCUT2D eigenvalue weighted by atomic mass is 9.89. The maximum Gasteiger partial charge on any atom is 0.410 e. The molecule has 0 saturated carbocycles. The van der Waals surface area contributed by atoms with Gasteiger partial charge in [0.25, 0.3) is 0 Å². The average molecular weight is 639 g/mol. The second-order valence-corrected chi connectivity index (χ2v) is 14.9. The molecule has 12 nitrogen and oxygen atoms in total. The molecule has 0 radical (unpaired) electrons. The Bertz CT molecular complexity index is 1520. The average Bonchev–Trinajstić information content (AvgIpc) is 3.69. The van der Waals surface area contributed by atoms with Gasteiger partial charge in [0.2, 0.25) is 0 Å². The van der Waals surface area contributed by atoms with Gasteiger partial charge in [0.05, 0.1) is 6.10 Å². The summed E-state index contributed by atoms with van der Waals surface area (Å²) in [6, 6.07) is 2.50. The molecule has 12 heteroatoms. The molecule has 5 unspecified atom stereocenters. The maximum atomic E-state index is 13.4. The van der Waals surface area contributed by atoms with Crippen LogP contribution in [-0.2, 0) is 19.1 Å². The predicted molar refractivity (Wildman–Crippen MR) is 162 cm³/mol. The van der Waals surface area contributed by atoms with E-state index in [1.54, 1.807) is 41.5 Å². The molecule has 1 aromatic rings. The fourth-order valence-corrected chi connectivity index (χ4v) is 6.81. The van der Waals surface area contributed by atoms with E-state index < -0.39 is 70.2 Å². The van der Waals surface area contributed by atoms with Crippen molar-refractivity contribution in [2.45, 2.75) is 84.5 Å². The monoisotopic (exact) mass is 638 g/mol. The molecule has 0 aromatic heterocycles. The van der Waals surface area contributed by atoms with E-state index in [0.717, 1.165) is 0 Å². The molecule has 1 N–H and O–H groups in total. The number of carbonyl (C=O) groups is 7. The normalized spacial score (nSPS) is 26.0. The minimum Gasteiger partial charge on any atom is -0.444 e. The lowest BCUT2D eigenvalue weighted by Gasteiger charge is -2.24. The Morgan fingerprint density at radius 2 is 1.17 bits per heavy atom. The van der Waals surface area contributed by atoms with Gasteiger partial charge in [-0.1, -0.05) is 0 Å². The highest BCUT2D eigenvalue weighted by Crippen LogP contribution is 2.42. The molecule has 0 spiro atoms. The summed E-state index contributed by atoms with van der Waals surface area (Å²) in [6.45, 7) is 11.9. The largest absolute Gasteiger partial charge is 0.444 e. The van der Waals surface area contributed by atoms with E-state index in [9.17, 15) is 38.7 Å². The van der Waals surface area contributed by atoms with E-state index in [4.69, 9.17) is 9.47 Å². The number of aliphatic hydroxyl groups is 1. The molecule has 46 heavy (non-hydrogen) atoms. The quantitative estimate of drug-likeness (QED) is 0.451. The molecule has 5 atom stereocenters. The number of likely N-dealkylation sites (tertiary alicyclic amines) is 2. The van der Waals surface area contributed by atoms with Crippen molar-refractivity contribution >= 4 is 41.1 Å². The van der Waals surface area contributed by atoms with E-state index >= 15 is 0 Å². The van der Waals surface area contributed by atoms with Crippen LogP contribution in [-0.4, -0.2) is 93.4 Å². The van der Waals surface area contributed by atoms with Gasteiger partial charge in [-0.15, -0.1) is 0 Å². The third kappa shape index (κ3) is 6.63. The minimum atomic E-state index is -1.55. The second kappa shape index (κ2) is 12.0. The van der Waals surface area contributed by atoms with Gasteiger partial charge < -0.3 is 24.4 Å². The number of Topliss-reactive ketones (excluding diaryl/α,β-unsaturated/α-hetero) is 5. The number of hydrogen-bond donors (Lipinski definition) is 1. The first-order valence-corrected chi connectivity index (χ1v) is 15.8. The first-order valence-electron chi connectivity index (χ1n) is 15.8. The third-order valence-electron chi connectivity index (χ3n) is 8.95. The van der Waals surface area contributed by atoms with Gasteiger partial charge in [-0.3, -0.25) is 24.0 Å². The molecular weight excluding hydrogens is 596 g/mol. The van der Waals surface area contributed by atoms with Crippen LogP contribution in [0.2, 0.25) is 0 Å². The van der Waals surface area contributed by atoms with E-state index in [1.165, 1.54) is 21.9 Å². The predicted octanol–water partition coefficient (Wildman–Crippen LogP) is 3.96. The summed E-state index contributed by atoms with van der Waals surface area (Å²) in [7, 11) is 0. The number of ketones is 5. The van der Waals surface area contributed by atoms with E-state index in [-0.39, 0.29) is 60.0 Å². The van der Waals surface area contributed by atoms with Crippen LogP contribution < -0.4 is 0 Å². The maximum absolute atomic E-state index is 13.4. The Balaban J connectivity index is 1.22. The number of aliphatic hydroxyl groups excluding tert-OH is 1. The van der Waals surface area contributed by atoms with Crippen LogP contribution in [0, 0.1) is 23.7 Å². The molecule has 2 saturated heterocycles. The van der Waals surface area contributed by atoms with Crippen LogP contribution in [0.15, 0.2) is 12.1 Å². The first-order chi connectivity index (χ1) is 21.3. The van der Waals surface area contributed by atoms with Crippen LogP contribution in [0.4, 0.5) is 9.59 Å². The van der Waals surface area contributed by atoms with Gasteiger partial charge in [0.15, 0.2) is 23.1 Å². The zero-order valence-electron chi connectivity index (χ0n) is 27.2. The van der Waals surface area contributed by atoms with Crippen molar-refractivity contribution in [2.75, 3.05) is 26.2 Å². The highest BCUT2D eigenvalue weighted by atomic mass is 16.6. The lowest BCUT2D eigenvalue weighted by Crippen LogP contribution is -2.35. The molecule has 2 aliphatic carbocycles. The molecule has 5 rings (SSSR count). The van der Waals surface area contributed by atoms with Gasteiger partial charge in [-0.25, -0.2) is 9.59 Å². The van der Waals surface area contributed by atoms with Crippen molar-refractivity contribution in [3.05, 3.63) is 34.4 Å². The molecule has 2 heterocycles. The Labute approximate surface area is 267 Å². The van der Waals surface area contributed by atoms with E-state index in [0.29, 0.717) is 25.9 Å². The van der Waals surface area contributed by atoms with Crippen molar-refractivity contribution in [1.82, 2.24) is 9.80 Å². The van der Waals surface area contributed by atoms with Crippen LogP contribution in [0.1, 0.15) is 110 Å². The molecule has 2 aliphatic heterocycles. The fourth-order valence-electron chi connectivity index (χ4n) is 6.81. The summed E-state index contributed by atoms with van der Waals surface area (Å²) in [6.07, 6.45) is -1.49. The molecule has 4 aliphatic rings. The van der Waals surface area contributed by atoms with Crippen LogP contribution in [0.25, 0.3) is 0 Å². The Morgan fingerprint density at radius 1 is 0.717 bits per heavy atom. The number of rotatable bonds is 6. The molecule has 2 fully saturated rings. The van der Waals surface area contributed by atoms with Gasteiger partial charge >= 0.3 is 12.2 Å².